The van der Waals surface area contributed by atoms with Crippen molar-refractivity contribution in [3.63, 3.8) is 0 Å². The number of nitrogens with zero attached hydrogens (tertiary/aromatic N) is 5. The highest BCUT2D eigenvalue weighted by Gasteiger charge is 2.29. The molecule has 9 heteroatoms. The molecule has 3 heterocycles. The second-order valence-electron chi connectivity index (χ2n) is 4.99. The van der Waals surface area contributed by atoms with Crippen molar-refractivity contribution in [1.29, 1.82) is 0 Å². The Hall–Kier alpha value is -2.13. The molecular weight excluding hydrogens is 322 g/mol. The zero-order valence-corrected chi connectivity index (χ0v) is 13.0. The Morgan fingerprint density at radius 3 is 3.00 bits per heavy atom. The van der Waals surface area contributed by atoms with Gasteiger partial charge in [-0.15, -0.1) is 4.37 Å². The van der Waals surface area contributed by atoms with Gasteiger partial charge in [-0.25, -0.2) is 0 Å². The number of amides is 1. The van der Waals surface area contributed by atoms with Crippen LogP contribution in [0.15, 0.2) is 24.4 Å². The van der Waals surface area contributed by atoms with Gasteiger partial charge in [-0.05, 0) is 18.2 Å². The maximum atomic E-state index is 12.6. The van der Waals surface area contributed by atoms with Crippen LogP contribution in [0.3, 0.4) is 0 Å². The van der Waals surface area contributed by atoms with Crippen molar-refractivity contribution in [2.24, 2.45) is 0 Å². The summed E-state index contributed by atoms with van der Waals surface area (Å²) < 4.78 is 22.0. The molecule has 0 saturated carbocycles. The fraction of sp³-hybridized carbons (Fsp3) is 0.308. The quantitative estimate of drug-likeness (QED) is 0.727. The van der Waals surface area contributed by atoms with Crippen molar-refractivity contribution in [2.75, 3.05) is 13.1 Å². The van der Waals surface area contributed by atoms with E-state index in [1.807, 2.05) is 6.07 Å². The molecule has 7 nitrogen and oxygen atoms in total. The second-order valence-corrected chi connectivity index (χ2v) is 6.08. The fourth-order valence-corrected chi connectivity index (χ4v) is 3.36. The number of fused-ring (bicyclic) bond motifs is 1. The molecule has 0 spiro atoms. The molecule has 0 radical (unpaired) electrons. The van der Waals surface area contributed by atoms with E-state index in [4.69, 9.17) is 4.74 Å². The number of carbonyl (C=O) groups excluding carboxylic acids is 1. The van der Waals surface area contributed by atoms with Crippen LogP contribution in [0.5, 0.6) is 5.88 Å². The van der Waals surface area contributed by atoms with Crippen LogP contribution in [-0.2, 0) is 0 Å². The van der Waals surface area contributed by atoms with Crippen molar-refractivity contribution < 1.29 is 9.53 Å². The number of benzene rings is 1. The van der Waals surface area contributed by atoms with Gasteiger partial charge in [-0.2, -0.15) is 13.1 Å². The number of hydrogen-bond donors (Lipinski definition) is 0. The molecule has 1 saturated heterocycles. The maximum absolute atomic E-state index is 12.6. The highest BCUT2D eigenvalue weighted by atomic mass is 32.1. The van der Waals surface area contributed by atoms with E-state index in [0.29, 0.717) is 24.5 Å². The summed E-state index contributed by atoms with van der Waals surface area (Å²) in [6, 6.07) is 5.42. The number of aromatic nitrogens is 4. The predicted octanol–water partition coefficient (Wildman–Crippen LogP) is 1.84. The second kappa shape index (κ2) is 5.58. The van der Waals surface area contributed by atoms with Crippen molar-refractivity contribution in [3.8, 4) is 5.88 Å². The molecule has 1 aliphatic heterocycles. The minimum atomic E-state index is -0.0301. The third kappa shape index (κ3) is 2.53. The summed E-state index contributed by atoms with van der Waals surface area (Å²) in [5.41, 5.74) is 2.22. The van der Waals surface area contributed by atoms with Gasteiger partial charge in [0.05, 0.1) is 30.0 Å². The Bertz CT molecular complexity index is 804. The number of ether oxygens (including phenoxy) is 1. The first-order valence-electron chi connectivity index (χ1n) is 6.75. The summed E-state index contributed by atoms with van der Waals surface area (Å²) in [6.07, 6.45) is 2.36. The highest BCUT2D eigenvalue weighted by Crippen LogP contribution is 2.20. The minimum Gasteiger partial charge on any atom is -0.471 e. The van der Waals surface area contributed by atoms with Crippen LogP contribution in [0, 0.1) is 0 Å². The Balaban J connectivity index is 1.46. The van der Waals surface area contributed by atoms with Crippen molar-refractivity contribution in [2.45, 2.75) is 12.5 Å². The van der Waals surface area contributed by atoms with Crippen LogP contribution in [0.1, 0.15) is 16.8 Å². The molecule has 112 valence electrons. The van der Waals surface area contributed by atoms with E-state index < -0.39 is 0 Å². The first kappa shape index (κ1) is 13.5. The molecule has 1 aromatic carbocycles. The van der Waals surface area contributed by atoms with E-state index in [2.05, 4.69) is 17.5 Å². The van der Waals surface area contributed by atoms with Gasteiger partial charge in [0.2, 0.25) is 5.88 Å². The normalized spacial score (nSPS) is 18.0. The molecule has 2 aromatic heterocycles. The Morgan fingerprint density at radius 2 is 2.14 bits per heavy atom. The van der Waals surface area contributed by atoms with Crippen LogP contribution in [0.25, 0.3) is 11.0 Å². The number of hydrogen-bond acceptors (Lipinski definition) is 8. The Labute approximate surface area is 134 Å². The first-order valence-corrected chi connectivity index (χ1v) is 8.21. The summed E-state index contributed by atoms with van der Waals surface area (Å²) in [4.78, 5) is 14.4. The lowest BCUT2D eigenvalue weighted by molar-refractivity contribution is 0.0771. The molecule has 0 bridgehead atoms. The van der Waals surface area contributed by atoms with Crippen LogP contribution in [0.4, 0.5) is 0 Å². The third-order valence-electron chi connectivity index (χ3n) is 3.56. The third-order valence-corrected chi connectivity index (χ3v) is 4.58. The smallest absolute Gasteiger partial charge is 0.254 e. The van der Waals surface area contributed by atoms with Gasteiger partial charge >= 0.3 is 0 Å². The van der Waals surface area contributed by atoms with Gasteiger partial charge < -0.3 is 9.64 Å². The average molecular weight is 333 g/mol. The summed E-state index contributed by atoms with van der Waals surface area (Å²) in [7, 11) is 0. The summed E-state index contributed by atoms with van der Waals surface area (Å²) in [6.45, 7) is 1.23. The van der Waals surface area contributed by atoms with Crippen LogP contribution < -0.4 is 4.74 Å². The van der Waals surface area contributed by atoms with Crippen LogP contribution in [0.2, 0.25) is 0 Å². The number of rotatable bonds is 3. The van der Waals surface area contributed by atoms with E-state index >= 15 is 0 Å². The van der Waals surface area contributed by atoms with E-state index in [1.54, 1.807) is 23.2 Å². The van der Waals surface area contributed by atoms with Gasteiger partial charge in [0.1, 0.15) is 23.3 Å². The van der Waals surface area contributed by atoms with E-state index in [-0.39, 0.29) is 12.0 Å². The highest BCUT2D eigenvalue weighted by molar-refractivity contribution is 7.00. The molecule has 1 atom stereocenters. The van der Waals surface area contributed by atoms with E-state index in [1.165, 1.54) is 0 Å². The Morgan fingerprint density at radius 1 is 1.23 bits per heavy atom. The number of likely N-dealkylation sites (tertiary alicyclic amines) is 1. The topological polar surface area (TPSA) is 81.1 Å². The van der Waals surface area contributed by atoms with Gasteiger partial charge in [0.15, 0.2) is 0 Å². The summed E-state index contributed by atoms with van der Waals surface area (Å²) >= 11 is 2.26. The summed E-state index contributed by atoms with van der Waals surface area (Å²) in [5, 5.41) is 0. The first-order chi connectivity index (χ1) is 10.8. The van der Waals surface area contributed by atoms with E-state index in [0.717, 1.165) is 40.9 Å². The fourth-order valence-electron chi connectivity index (χ4n) is 2.49. The van der Waals surface area contributed by atoms with Crippen LogP contribution >= 0.6 is 23.5 Å². The van der Waals surface area contributed by atoms with Crippen molar-refractivity contribution in [1.82, 2.24) is 22.4 Å². The molecule has 4 rings (SSSR count). The molecule has 3 aromatic rings. The lowest BCUT2D eigenvalue weighted by Crippen LogP contribution is -2.30. The molecule has 0 aliphatic carbocycles. The predicted molar refractivity (Wildman–Crippen MR) is 82.3 cm³/mol. The molecule has 1 fully saturated rings. The molecule has 0 unspecified atom stereocenters. The lowest BCUT2D eigenvalue weighted by Gasteiger charge is -2.16. The van der Waals surface area contributed by atoms with Gasteiger partial charge in [-0.1, -0.05) is 0 Å². The molecular formula is C13H11N5O2S2. The average Bonchev–Trinajstić information content (AvgIpc) is 3.27. The maximum Gasteiger partial charge on any atom is 0.254 e. The standard InChI is InChI=1S/C13H11N5O2S2/c19-13(8-1-2-10-11(5-8)16-22-15-10)18-4-3-9(7-18)20-12-6-14-21-17-12/h1-2,5-6,9H,3-4,7H2/t9-/m0/s1. The van der Waals surface area contributed by atoms with Gasteiger partial charge in [0, 0.05) is 18.5 Å². The zero-order chi connectivity index (χ0) is 14.9. The monoisotopic (exact) mass is 333 g/mol. The van der Waals surface area contributed by atoms with Crippen LogP contribution in [-0.4, -0.2) is 47.5 Å². The van der Waals surface area contributed by atoms with Crippen molar-refractivity contribution >= 4 is 40.4 Å². The van der Waals surface area contributed by atoms with Gasteiger partial charge in [-0.3, -0.25) is 4.79 Å². The lowest BCUT2D eigenvalue weighted by atomic mass is 10.2. The number of carbonyl (C=O) groups is 1. The largest absolute Gasteiger partial charge is 0.471 e. The molecule has 1 aliphatic rings. The zero-order valence-electron chi connectivity index (χ0n) is 11.4. The molecule has 1 amide bonds. The molecule has 22 heavy (non-hydrogen) atoms. The van der Waals surface area contributed by atoms with E-state index in [9.17, 15) is 4.79 Å². The summed E-state index contributed by atoms with van der Waals surface area (Å²) in [5.74, 6) is 0.525. The van der Waals surface area contributed by atoms with Crippen molar-refractivity contribution in [3.05, 3.63) is 30.0 Å². The Kier molecular flexibility index (Phi) is 3.43. The molecule has 0 N–H and O–H groups in total. The minimum absolute atomic E-state index is 0.00240. The SMILES string of the molecule is O=C(c1ccc2nsnc2c1)N1CC[C@H](Oc2cnsn2)C1. The van der Waals surface area contributed by atoms with Gasteiger partial charge in [0.25, 0.3) is 5.91 Å².